The normalized spacial score (nSPS) is 20.3. The average Bonchev–Trinajstić information content (AvgIpc) is 2.38. The molecule has 1 aromatic rings. The highest BCUT2D eigenvalue weighted by Gasteiger charge is 2.22. The van der Waals surface area contributed by atoms with E-state index >= 15 is 0 Å². The van der Waals surface area contributed by atoms with E-state index in [1.165, 1.54) is 5.56 Å². The third-order valence-corrected chi connectivity index (χ3v) is 3.16. The average molecular weight is 233 g/mol. The Morgan fingerprint density at radius 1 is 1.41 bits per heavy atom. The number of aryl methyl sites for hydroxylation is 1. The molecule has 0 unspecified atom stereocenters. The number of morpholine rings is 1. The van der Waals surface area contributed by atoms with Gasteiger partial charge in [-0.25, -0.2) is 0 Å². The molecule has 0 spiro atoms. The quantitative estimate of drug-likeness (QED) is 0.797. The number of carbonyl (C=O) groups excluding carboxylic acids is 1. The second-order valence-corrected chi connectivity index (χ2v) is 4.50. The van der Waals surface area contributed by atoms with Crippen LogP contribution in [0.15, 0.2) is 30.3 Å². The first-order chi connectivity index (χ1) is 8.27. The number of benzene rings is 1. The minimum Gasteiger partial charge on any atom is -0.377 e. The van der Waals surface area contributed by atoms with Gasteiger partial charge in [-0.2, -0.15) is 0 Å². The van der Waals surface area contributed by atoms with Crippen molar-refractivity contribution in [2.75, 3.05) is 19.8 Å². The molecule has 1 amide bonds. The second-order valence-electron chi connectivity index (χ2n) is 4.50. The molecule has 0 N–H and O–H groups in total. The van der Waals surface area contributed by atoms with Crippen LogP contribution in [0.5, 0.6) is 0 Å². The van der Waals surface area contributed by atoms with Crippen molar-refractivity contribution in [2.24, 2.45) is 0 Å². The smallest absolute Gasteiger partial charge is 0.223 e. The molecule has 1 aliphatic heterocycles. The Hall–Kier alpha value is -1.35. The zero-order valence-electron chi connectivity index (χ0n) is 10.3. The lowest BCUT2D eigenvalue weighted by Crippen LogP contribution is -2.47. The van der Waals surface area contributed by atoms with Crippen LogP contribution in [0.25, 0.3) is 0 Å². The van der Waals surface area contributed by atoms with E-state index < -0.39 is 0 Å². The summed E-state index contributed by atoms with van der Waals surface area (Å²) in [6.07, 6.45) is 1.41. The largest absolute Gasteiger partial charge is 0.377 e. The lowest BCUT2D eigenvalue weighted by Gasteiger charge is -2.33. The third-order valence-electron chi connectivity index (χ3n) is 3.16. The maximum Gasteiger partial charge on any atom is 0.223 e. The lowest BCUT2D eigenvalue weighted by molar-refractivity contribution is -0.139. The van der Waals surface area contributed by atoms with E-state index in [0.717, 1.165) is 13.0 Å². The van der Waals surface area contributed by atoms with Gasteiger partial charge in [0.05, 0.1) is 19.3 Å². The molecule has 1 heterocycles. The number of hydrogen-bond donors (Lipinski definition) is 0. The summed E-state index contributed by atoms with van der Waals surface area (Å²) in [5, 5.41) is 0. The molecule has 1 atom stereocenters. The summed E-state index contributed by atoms with van der Waals surface area (Å²) in [6.45, 7) is 4.10. The molecule has 0 radical (unpaired) electrons. The first-order valence-corrected chi connectivity index (χ1v) is 6.18. The van der Waals surface area contributed by atoms with Crippen molar-refractivity contribution in [1.82, 2.24) is 4.90 Å². The zero-order valence-corrected chi connectivity index (χ0v) is 10.3. The zero-order chi connectivity index (χ0) is 12.1. The summed E-state index contributed by atoms with van der Waals surface area (Å²) >= 11 is 0. The number of hydrogen-bond acceptors (Lipinski definition) is 2. The summed E-state index contributed by atoms with van der Waals surface area (Å²) in [6, 6.07) is 10.4. The van der Waals surface area contributed by atoms with Gasteiger partial charge < -0.3 is 9.64 Å². The molecule has 3 nitrogen and oxygen atoms in total. The van der Waals surface area contributed by atoms with Crippen molar-refractivity contribution in [1.29, 1.82) is 0 Å². The highest BCUT2D eigenvalue weighted by molar-refractivity contribution is 5.76. The highest BCUT2D eigenvalue weighted by Crippen LogP contribution is 2.10. The van der Waals surface area contributed by atoms with Crippen LogP contribution < -0.4 is 0 Å². The second kappa shape index (κ2) is 5.82. The van der Waals surface area contributed by atoms with Gasteiger partial charge in [0.2, 0.25) is 5.91 Å². The number of nitrogens with zero attached hydrogens (tertiary/aromatic N) is 1. The number of ether oxygens (including phenoxy) is 1. The van der Waals surface area contributed by atoms with Crippen LogP contribution in [0.2, 0.25) is 0 Å². The number of amides is 1. The van der Waals surface area contributed by atoms with Crippen molar-refractivity contribution in [3.8, 4) is 0 Å². The van der Waals surface area contributed by atoms with Crippen molar-refractivity contribution in [3.05, 3.63) is 35.9 Å². The number of carbonyl (C=O) groups is 1. The topological polar surface area (TPSA) is 29.5 Å². The first-order valence-electron chi connectivity index (χ1n) is 6.18. The molecule has 2 rings (SSSR count). The third kappa shape index (κ3) is 3.30. The lowest BCUT2D eigenvalue weighted by atomic mass is 10.1. The number of rotatable bonds is 3. The van der Waals surface area contributed by atoms with Gasteiger partial charge in [0.15, 0.2) is 0 Å². The summed E-state index contributed by atoms with van der Waals surface area (Å²) in [7, 11) is 0. The van der Waals surface area contributed by atoms with Gasteiger partial charge in [0.1, 0.15) is 0 Å². The summed E-state index contributed by atoms with van der Waals surface area (Å²) in [4.78, 5) is 14.0. The predicted octanol–water partition coefficient (Wildman–Crippen LogP) is 1.87. The molecule has 0 aromatic heterocycles. The van der Waals surface area contributed by atoms with Gasteiger partial charge in [-0.15, -0.1) is 0 Å². The monoisotopic (exact) mass is 233 g/mol. The summed E-state index contributed by atoms with van der Waals surface area (Å²) in [5.74, 6) is 0.240. The molecule has 3 heteroatoms. The van der Waals surface area contributed by atoms with Crippen LogP contribution >= 0.6 is 0 Å². The maximum atomic E-state index is 12.1. The molecule has 17 heavy (non-hydrogen) atoms. The van der Waals surface area contributed by atoms with Gasteiger partial charge >= 0.3 is 0 Å². The Morgan fingerprint density at radius 3 is 2.88 bits per heavy atom. The Bertz CT molecular complexity index is 364. The van der Waals surface area contributed by atoms with Gasteiger partial charge in [-0.3, -0.25) is 4.79 Å². The van der Waals surface area contributed by atoms with Crippen LogP contribution in [-0.4, -0.2) is 36.6 Å². The Morgan fingerprint density at radius 2 is 2.18 bits per heavy atom. The maximum absolute atomic E-state index is 12.1. The first kappa shape index (κ1) is 12.1. The molecule has 0 aliphatic carbocycles. The minimum atomic E-state index is 0.215. The minimum absolute atomic E-state index is 0.215. The van der Waals surface area contributed by atoms with Crippen LogP contribution in [-0.2, 0) is 16.0 Å². The van der Waals surface area contributed by atoms with E-state index in [1.807, 2.05) is 30.0 Å². The Balaban J connectivity index is 1.84. The van der Waals surface area contributed by atoms with Crippen LogP contribution in [0.3, 0.4) is 0 Å². The predicted molar refractivity (Wildman–Crippen MR) is 66.8 cm³/mol. The Kier molecular flexibility index (Phi) is 4.15. The summed E-state index contributed by atoms with van der Waals surface area (Å²) < 4.78 is 5.33. The fourth-order valence-electron chi connectivity index (χ4n) is 2.14. The molecular weight excluding hydrogens is 214 g/mol. The molecule has 1 saturated heterocycles. The molecule has 0 saturated carbocycles. The highest BCUT2D eigenvalue weighted by atomic mass is 16.5. The fourth-order valence-corrected chi connectivity index (χ4v) is 2.14. The SMILES string of the molecule is C[C@H]1COCCN1C(=O)CCc1ccccc1. The van der Waals surface area contributed by atoms with E-state index in [9.17, 15) is 4.79 Å². The molecule has 1 aromatic carbocycles. The van der Waals surface area contributed by atoms with Gasteiger partial charge in [0, 0.05) is 13.0 Å². The van der Waals surface area contributed by atoms with E-state index in [4.69, 9.17) is 4.74 Å². The molecule has 92 valence electrons. The van der Waals surface area contributed by atoms with Crippen molar-refractivity contribution in [3.63, 3.8) is 0 Å². The van der Waals surface area contributed by atoms with Crippen LogP contribution in [0.4, 0.5) is 0 Å². The molecule has 1 aliphatic rings. The van der Waals surface area contributed by atoms with Crippen molar-refractivity contribution >= 4 is 5.91 Å². The van der Waals surface area contributed by atoms with Gasteiger partial charge in [0.25, 0.3) is 0 Å². The van der Waals surface area contributed by atoms with Gasteiger partial charge in [-0.1, -0.05) is 30.3 Å². The Labute approximate surface area is 102 Å². The van der Waals surface area contributed by atoms with E-state index in [-0.39, 0.29) is 11.9 Å². The van der Waals surface area contributed by atoms with Crippen molar-refractivity contribution in [2.45, 2.75) is 25.8 Å². The van der Waals surface area contributed by atoms with E-state index in [2.05, 4.69) is 12.1 Å². The molecular formula is C14H19NO2. The molecule has 0 bridgehead atoms. The molecule has 1 fully saturated rings. The fraction of sp³-hybridized carbons (Fsp3) is 0.500. The van der Waals surface area contributed by atoms with Gasteiger partial charge in [-0.05, 0) is 18.9 Å². The van der Waals surface area contributed by atoms with Crippen LogP contribution in [0.1, 0.15) is 18.9 Å². The standard InChI is InChI=1S/C14H19NO2/c1-12-11-17-10-9-15(12)14(16)8-7-13-5-3-2-4-6-13/h2-6,12H,7-11H2,1H3/t12-/m0/s1. The van der Waals surface area contributed by atoms with E-state index in [1.54, 1.807) is 0 Å². The summed E-state index contributed by atoms with van der Waals surface area (Å²) in [5.41, 5.74) is 1.22. The van der Waals surface area contributed by atoms with Crippen molar-refractivity contribution < 1.29 is 9.53 Å². The van der Waals surface area contributed by atoms with E-state index in [0.29, 0.717) is 19.6 Å². The van der Waals surface area contributed by atoms with Crippen LogP contribution in [0, 0.1) is 0 Å².